The fourth-order valence-electron chi connectivity index (χ4n) is 7.29. The SMILES string of the molecule is CC/C=C/C/C=C/CCCCCCCCCC(=O)OC(COC(=O)CC/C=C/C/C=C/CCCCCCCC)COC(=O)CCCCCCCCC/C=C/CCCCCCCC. The maximum atomic E-state index is 12.8. The molecule has 0 fully saturated rings. The summed E-state index contributed by atoms with van der Waals surface area (Å²) in [5, 5.41) is 0. The molecule has 1 unspecified atom stereocenters. The predicted molar refractivity (Wildman–Crippen MR) is 265 cm³/mol. The van der Waals surface area contributed by atoms with Crippen molar-refractivity contribution in [3.63, 3.8) is 0 Å². The van der Waals surface area contributed by atoms with E-state index in [1.807, 2.05) is 6.08 Å². The summed E-state index contributed by atoms with van der Waals surface area (Å²) in [7, 11) is 0. The van der Waals surface area contributed by atoms with Crippen molar-refractivity contribution in [3.05, 3.63) is 60.8 Å². The van der Waals surface area contributed by atoms with E-state index in [2.05, 4.69) is 75.5 Å². The van der Waals surface area contributed by atoms with Crippen molar-refractivity contribution in [2.24, 2.45) is 0 Å². The predicted octanol–water partition coefficient (Wildman–Crippen LogP) is 17.3. The molecule has 62 heavy (non-hydrogen) atoms. The highest BCUT2D eigenvalue weighted by Gasteiger charge is 2.19. The van der Waals surface area contributed by atoms with E-state index < -0.39 is 6.10 Å². The summed E-state index contributed by atoms with van der Waals surface area (Å²) < 4.78 is 16.7. The van der Waals surface area contributed by atoms with Crippen molar-refractivity contribution in [1.29, 1.82) is 0 Å². The highest BCUT2D eigenvalue weighted by Crippen LogP contribution is 2.14. The molecule has 0 heterocycles. The fraction of sp³-hybridized carbons (Fsp3) is 0.768. The second-order valence-electron chi connectivity index (χ2n) is 17.4. The van der Waals surface area contributed by atoms with Crippen LogP contribution < -0.4 is 0 Å². The zero-order valence-corrected chi connectivity index (χ0v) is 40.9. The van der Waals surface area contributed by atoms with Gasteiger partial charge in [-0.15, -0.1) is 0 Å². The minimum atomic E-state index is -0.801. The summed E-state index contributed by atoms with van der Waals surface area (Å²) in [6, 6.07) is 0. The Hall–Kier alpha value is -2.89. The van der Waals surface area contributed by atoms with E-state index in [1.165, 1.54) is 141 Å². The van der Waals surface area contributed by atoms with E-state index in [4.69, 9.17) is 14.2 Å². The van der Waals surface area contributed by atoms with Gasteiger partial charge in [0.1, 0.15) is 13.2 Å². The molecule has 0 N–H and O–H groups in total. The fourth-order valence-corrected chi connectivity index (χ4v) is 7.29. The molecule has 0 aliphatic rings. The van der Waals surface area contributed by atoms with Crippen LogP contribution in [0.4, 0.5) is 0 Å². The van der Waals surface area contributed by atoms with Gasteiger partial charge in [0.2, 0.25) is 0 Å². The van der Waals surface area contributed by atoms with Crippen LogP contribution >= 0.6 is 0 Å². The van der Waals surface area contributed by atoms with E-state index in [0.717, 1.165) is 70.6 Å². The molecule has 0 amide bonds. The summed E-state index contributed by atoms with van der Waals surface area (Å²) in [6.45, 7) is 6.47. The molecule has 1 atom stereocenters. The Labute approximate surface area is 383 Å². The van der Waals surface area contributed by atoms with Gasteiger partial charge in [-0.2, -0.15) is 0 Å². The summed E-state index contributed by atoms with van der Waals surface area (Å²) in [4.78, 5) is 37.9. The molecule has 0 bridgehead atoms. The molecule has 6 heteroatoms. The van der Waals surface area contributed by atoms with E-state index >= 15 is 0 Å². The Balaban J connectivity index is 4.43. The summed E-state index contributed by atoms with van der Waals surface area (Å²) >= 11 is 0. The lowest BCUT2D eigenvalue weighted by Crippen LogP contribution is -2.30. The molecular weight excluding hydrogens is 769 g/mol. The average molecular weight is 867 g/mol. The highest BCUT2D eigenvalue weighted by atomic mass is 16.6. The average Bonchev–Trinajstić information content (AvgIpc) is 3.27. The Kier molecular flexibility index (Phi) is 48.4. The first-order chi connectivity index (χ1) is 30.5. The Morgan fingerprint density at radius 2 is 0.661 bits per heavy atom. The molecule has 0 rings (SSSR count). The minimum Gasteiger partial charge on any atom is -0.462 e. The van der Waals surface area contributed by atoms with E-state index in [0.29, 0.717) is 19.3 Å². The zero-order chi connectivity index (χ0) is 45.1. The molecular formula is C56H98O6. The topological polar surface area (TPSA) is 78.9 Å². The number of carbonyl (C=O) groups is 3. The normalized spacial score (nSPS) is 12.5. The van der Waals surface area contributed by atoms with Gasteiger partial charge in [0.25, 0.3) is 0 Å². The molecule has 0 aliphatic heterocycles. The monoisotopic (exact) mass is 867 g/mol. The lowest BCUT2D eigenvalue weighted by atomic mass is 10.1. The van der Waals surface area contributed by atoms with Gasteiger partial charge in [-0.3, -0.25) is 14.4 Å². The van der Waals surface area contributed by atoms with Crippen molar-refractivity contribution < 1.29 is 28.6 Å². The van der Waals surface area contributed by atoms with Gasteiger partial charge in [-0.05, 0) is 89.9 Å². The number of hydrogen-bond acceptors (Lipinski definition) is 6. The number of esters is 3. The summed E-state index contributed by atoms with van der Waals surface area (Å²) in [5.74, 6) is -0.975. The first kappa shape index (κ1) is 59.1. The maximum absolute atomic E-state index is 12.8. The summed E-state index contributed by atoms with van der Waals surface area (Å²) in [5.41, 5.74) is 0. The van der Waals surface area contributed by atoms with Crippen molar-refractivity contribution in [3.8, 4) is 0 Å². The lowest BCUT2D eigenvalue weighted by molar-refractivity contribution is -0.166. The van der Waals surface area contributed by atoms with Crippen molar-refractivity contribution in [2.45, 2.75) is 264 Å². The van der Waals surface area contributed by atoms with Crippen LogP contribution in [0.15, 0.2) is 60.8 Å². The van der Waals surface area contributed by atoms with Crippen LogP contribution in [0.2, 0.25) is 0 Å². The second-order valence-corrected chi connectivity index (χ2v) is 17.4. The van der Waals surface area contributed by atoms with Crippen LogP contribution in [0.1, 0.15) is 258 Å². The molecule has 0 aromatic rings. The van der Waals surface area contributed by atoms with Crippen LogP contribution in [0.3, 0.4) is 0 Å². The number of ether oxygens (including phenoxy) is 3. The zero-order valence-electron chi connectivity index (χ0n) is 40.9. The van der Waals surface area contributed by atoms with Gasteiger partial charge in [0.15, 0.2) is 6.10 Å². The molecule has 0 aromatic carbocycles. The third kappa shape index (κ3) is 48.1. The van der Waals surface area contributed by atoms with Crippen LogP contribution in [-0.2, 0) is 28.6 Å². The Morgan fingerprint density at radius 3 is 1.08 bits per heavy atom. The van der Waals surface area contributed by atoms with Gasteiger partial charge in [0, 0.05) is 19.3 Å². The first-order valence-corrected chi connectivity index (χ1v) is 26.3. The Bertz CT molecular complexity index is 1130. The number of unbranched alkanes of at least 4 members (excludes halogenated alkanes) is 26. The second kappa shape index (κ2) is 50.8. The van der Waals surface area contributed by atoms with Crippen molar-refractivity contribution >= 4 is 17.9 Å². The van der Waals surface area contributed by atoms with Gasteiger partial charge in [-0.1, -0.05) is 210 Å². The van der Waals surface area contributed by atoms with E-state index in [9.17, 15) is 14.4 Å². The van der Waals surface area contributed by atoms with Crippen LogP contribution in [0.25, 0.3) is 0 Å². The smallest absolute Gasteiger partial charge is 0.306 e. The molecule has 0 saturated heterocycles. The molecule has 358 valence electrons. The molecule has 0 saturated carbocycles. The van der Waals surface area contributed by atoms with Crippen molar-refractivity contribution in [2.75, 3.05) is 13.2 Å². The number of rotatable bonds is 47. The quantitative estimate of drug-likeness (QED) is 0.0262. The number of hydrogen-bond donors (Lipinski definition) is 0. The molecule has 0 aliphatic carbocycles. The summed E-state index contributed by atoms with van der Waals surface area (Å²) in [6.07, 6.45) is 62.2. The number of allylic oxidation sites excluding steroid dienone is 10. The van der Waals surface area contributed by atoms with E-state index in [-0.39, 0.29) is 37.5 Å². The van der Waals surface area contributed by atoms with Gasteiger partial charge >= 0.3 is 17.9 Å². The van der Waals surface area contributed by atoms with Crippen LogP contribution in [0.5, 0.6) is 0 Å². The third-order valence-corrected chi connectivity index (χ3v) is 11.2. The Morgan fingerprint density at radius 1 is 0.339 bits per heavy atom. The van der Waals surface area contributed by atoms with Gasteiger partial charge in [-0.25, -0.2) is 0 Å². The minimum absolute atomic E-state index is 0.0964. The van der Waals surface area contributed by atoms with Gasteiger partial charge in [0.05, 0.1) is 0 Å². The standard InChI is InChI=1S/C56H98O6/c1-4-7-10-13-16-19-22-25-27-28-29-32-34-37-40-43-46-49-55(58)61-52-53(51-60-54(57)48-45-42-39-36-33-30-24-21-18-15-12-9-6-3)62-56(59)50-47-44-41-38-35-31-26-23-20-17-14-11-8-5-2/h8,11,17,20,25,27,30,33,39,42,53H,4-7,9-10,12-16,18-19,21-24,26,28-29,31-32,34-38,40-41,43-52H2,1-3H3/b11-8+,20-17+,27-25+,33-30+,42-39+. The van der Waals surface area contributed by atoms with Gasteiger partial charge < -0.3 is 14.2 Å². The molecule has 6 nitrogen and oxygen atoms in total. The highest BCUT2D eigenvalue weighted by molar-refractivity contribution is 5.71. The van der Waals surface area contributed by atoms with Crippen molar-refractivity contribution in [1.82, 2.24) is 0 Å². The van der Waals surface area contributed by atoms with Crippen LogP contribution in [0, 0.1) is 0 Å². The lowest BCUT2D eigenvalue weighted by Gasteiger charge is -2.18. The van der Waals surface area contributed by atoms with Crippen LogP contribution in [-0.4, -0.2) is 37.2 Å². The number of carbonyl (C=O) groups excluding carboxylic acids is 3. The third-order valence-electron chi connectivity index (χ3n) is 11.2. The molecule has 0 aromatic heterocycles. The first-order valence-electron chi connectivity index (χ1n) is 26.3. The van der Waals surface area contributed by atoms with E-state index in [1.54, 1.807) is 0 Å². The maximum Gasteiger partial charge on any atom is 0.306 e. The largest absolute Gasteiger partial charge is 0.462 e. The molecule has 0 spiro atoms. The molecule has 0 radical (unpaired) electrons.